The Balaban J connectivity index is 1.88. The van der Waals surface area contributed by atoms with E-state index < -0.39 is 34.1 Å². The lowest BCUT2D eigenvalue weighted by Gasteiger charge is -2.24. The predicted molar refractivity (Wildman–Crippen MR) is 116 cm³/mol. The molecule has 0 heterocycles. The molecule has 31 heavy (non-hydrogen) atoms. The highest BCUT2D eigenvalue weighted by Crippen LogP contribution is 2.24. The van der Waals surface area contributed by atoms with E-state index in [4.69, 9.17) is 0 Å². The van der Waals surface area contributed by atoms with Crippen LogP contribution in [0, 0.1) is 11.6 Å². The minimum Gasteiger partial charge on any atom is -0.325 e. The molecule has 0 radical (unpaired) electrons. The SMILES string of the molecule is CC(C)c1ccc(NC(=O)CN(c2ccc(F)cc2)S(=O)(=O)c2ccc(F)cc2)cc1. The van der Waals surface area contributed by atoms with E-state index in [0.29, 0.717) is 11.6 Å². The maximum absolute atomic E-state index is 13.4. The second-order valence-corrected chi connectivity index (χ2v) is 9.13. The lowest BCUT2D eigenvalue weighted by Crippen LogP contribution is -2.38. The minimum absolute atomic E-state index is 0.107. The van der Waals surface area contributed by atoms with Crippen LogP contribution >= 0.6 is 0 Å². The van der Waals surface area contributed by atoms with Crippen LogP contribution in [0.3, 0.4) is 0 Å². The van der Waals surface area contributed by atoms with Crippen LogP contribution in [0.2, 0.25) is 0 Å². The first-order valence-corrected chi connectivity index (χ1v) is 11.0. The predicted octanol–water partition coefficient (Wildman–Crippen LogP) is 4.92. The molecular weight excluding hydrogens is 422 g/mol. The van der Waals surface area contributed by atoms with E-state index in [2.05, 4.69) is 19.2 Å². The molecule has 0 aliphatic rings. The molecule has 0 bridgehead atoms. The Hall–Kier alpha value is -3.26. The number of carbonyl (C=O) groups excluding carboxylic acids is 1. The molecule has 1 N–H and O–H groups in total. The lowest BCUT2D eigenvalue weighted by atomic mass is 10.0. The Morgan fingerprint density at radius 1 is 0.871 bits per heavy atom. The number of rotatable bonds is 7. The third-order valence-electron chi connectivity index (χ3n) is 4.66. The second kappa shape index (κ2) is 9.26. The van der Waals surface area contributed by atoms with Gasteiger partial charge in [-0.3, -0.25) is 9.10 Å². The normalized spacial score (nSPS) is 11.4. The molecule has 3 aromatic carbocycles. The van der Waals surface area contributed by atoms with E-state index in [0.717, 1.165) is 46.3 Å². The van der Waals surface area contributed by atoms with Gasteiger partial charge in [-0.25, -0.2) is 17.2 Å². The molecule has 0 atom stereocenters. The number of sulfonamides is 1. The van der Waals surface area contributed by atoms with Crippen molar-refractivity contribution in [2.75, 3.05) is 16.2 Å². The molecule has 0 unspecified atom stereocenters. The summed E-state index contributed by atoms with van der Waals surface area (Å²) in [5.74, 6) is -1.38. The number of nitrogens with zero attached hydrogens (tertiary/aromatic N) is 1. The van der Waals surface area contributed by atoms with Crippen molar-refractivity contribution in [3.8, 4) is 0 Å². The third-order valence-corrected chi connectivity index (χ3v) is 6.45. The van der Waals surface area contributed by atoms with E-state index in [1.54, 1.807) is 12.1 Å². The smallest absolute Gasteiger partial charge is 0.264 e. The van der Waals surface area contributed by atoms with Gasteiger partial charge in [0.15, 0.2) is 0 Å². The molecule has 1 amide bonds. The summed E-state index contributed by atoms with van der Waals surface area (Å²) in [6.07, 6.45) is 0. The lowest BCUT2D eigenvalue weighted by molar-refractivity contribution is -0.114. The van der Waals surface area contributed by atoms with Gasteiger partial charge < -0.3 is 5.32 Å². The van der Waals surface area contributed by atoms with Gasteiger partial charge in [0.2, 0.25) is 5.91 Å². The van der Waals surface area contributed by atoms with Gasteiger partial charge in [-0.1, -0.05) is 26.0 Å². The fraction of sp³-hybridized carbons (Fsp3) is 0.174. The average Bonchev–Trinajstić information content (AvgIpc) is 2.73. The van der Waals surface area contributed by atoms with Crippen LogP contribution < -0.4 is 9.62 Å². The molecule has 0 saturated carbocycles. The highest BCUT2D eigenvalue weighted by Gasteiger charge is 2.27. The van der Waals surface area contributed by atoms with Crippen LogP contribution in [-0.4, -0.2) is 20.9 Å². The van der Waals surface area contributed by atoms with Crippen LogP contribution in [0.1, 0.15) is 25.3 Å². The number of hydrogen-bond donors (Lipinski definition) is 1. The van der Waals surface area contributed by atoms with Gasteiger partial charge in [-0.2, -0.15) is 0 Å². The Bertz CT molecular complexity index is 1140. The Labute approximate surface area is 180 Å². The highest BCUT2D eigenvalue weighted by atomic mass is 32.2. The van der Waals surface area contributed by atoms with Crippen molar-refractivity contribution < 1.29 is 22.0 Å². The second-order valence-electron chi connectivity index (χ2n) is 7.27. The highest BCUT2D eigenvalue weighted by molar-refractivity contribution is 7.92. The topological polar surface area (TPSA) is 66.5 Å². The molecule has 0 aromatic heterocycles. The molecule has 0 aliphatic heterocycles. The largest absolute Gasteiger partial charge is 0.325 e. The summed E-state index contributed by atoms with van der Waals surface area (Å²) in [5.41, 5.74) is 1.73. The van der Waals surface area contributed by atoms with Crippen LogP contribution in [0.4, 0.5) is 20.2 Å². The summed E-state index contributed by atoms with van der Waals surface area (Å²) in [5, 5.41) is 2.67. The monoisotopic (exact) mass is 444 g/mol. The van der Waals surface area contributed by atoms with Gasteiger partial charge in [0.25, 0.3) is 10.0 Å². The van der Waals surface area contributed by atoms with Crippen molar-refractivity contribution in [3.05, 3.63) is 90.0 Å². The Morgan fingerprint density at radius 2 is 1.39 bits per heavy atom. The van der Waals surface area contributed by atoms with Crippen molar-refractivity contribution in [1.29, 1.82) is 0 Å². The minimum atomic E-state index is -4.21. The summed E-state index contributed by atoms with van der Waals surface area (Å²) < 4.78 is 53.8. The van der Waals surface area contributed by atoms with Gasteiger partial charge in [0.05, 0.1) is 10.6 Å². The maximum Gasteiger partial charge on any atom is 0.264 e. The van der Waals surface area contributed by atoms with Crippen molar-refractivity contribution in [2.24, 2.45) is 0 Å². The van der Waals surface area contributed by atoms with Gasteiger partial charge >= 0.3 is 0 Å². The van der Waals surface area contributed by atoms with Gasteiger partial charge in [-0.15, -0.1) is 0 Å². The Kier molecular flexibility index (Phi) is 6.70. The molecule has 0 spiro atoms. The van der Waals surface area contributed by atoms with E-state index in [-0.39, 0.29) is 10.6 Å². The van der Waals surface area contributed by atoms with Crippen LogP contribution in [0.15, 0.2) is 77.7 Å². The fourth-order valence-corrected chi connectivity index (χ4v) is 4.36. The zero-order valence-corrected chi connectivity index (χ0v) is 17.9. The first-order chi connectivity index (χ1) is 14.7. The molecule has 5 nitrogen and oxygen atoms in total. The number of amides is 1. The van der Waals surface area contributed by atoms with Crippen molar-refractivity contribution in [1.82, 2.24) is 0 Å². The summed E-state index contributed by atoms with van der Waals surface area (Å²) in [7, 11) is -4.21. The van der Waals surface area contributed by atoms with E-state index in [9.17, 15) is 22.0 Å². The van der Waals surface area contributed by atoms with E-state index >= 15 is 0 Å². The number of halogens is 2. The molecule has 3 aromatic rings. The summed E-state index contributed by atoms with van der Waals surface area (Å²) in [6, 6.07) is 16.2. The zero-order chi connectivity index (χ0) is 22.6. The Morgan fingerprint density at radius 3 is 1.90 bits per heavy atom. The summed E-state index contributed by atoms with van der Waals surface area (Å²) >= 11 is 0. The standard InChI is InChI=1S/C23H22F2N2O3S/c1-16(2)17-3-9-20(10-4-17)26-23(28)15-27(21-11-5-18(24)6-12-21)31(29,30)22-13-7-19(25)8-14-22/h3-14,16H,15H2,1-2H3,(H,26,28). The molecular formula is C23H22F2N2O3S. The first kappa shape index (κ1) is 22.4. The van der Waals surface area contributed by atoms with Gasteiger partial charge in [-0.05, 0) is 72.1 Å². The first-order valence-electron chi connectivity index (χ1n) is 9.60. The van der Waals surface area contributed by atoms with Gasteiger partial charge in [0.1, 0.15) is 18.2 Å². The summed E-state index contributed by atoms with van der Waals surface area (Å²) in [6.45, 7) is 3.56. The molecule has 8 heteroatoms. The van der Waals surface area contributed by atoms with Crippen LogP contribution in [-0.2, 0) is 14.8 Å². The maximum atomic E-state index is 13.4. The number of carbonyl (C=O) groups is 1. The quantitative estimate of drug-likeness (QED) is 0.562. The molecule has 0 saturated heterocycles. The number of benzene rings is 3. The number of hydrogen-bond acceptors (Lipinski definition) is 3. The molecule has 3 rings (SSSR count). The number of nitrogens with one attached hydrogen (secondary N) is 1. The fourth-order valence-electron chi connectivity index (χ4n) is 2.94. The van der Waals surface area contributed by atoms with Crippen LogP contribution in [0.5, 0.6) is 0 Å². The van der Waals surface area contributed by atoms with Gasteiger partial charge in [0, 0.05) is 5.69 Å². The van der Waals surface area contributed by atoms with Crippen molar-refractivity contribution in [2.45, 2.75) is 24.7 Å². The molecule has 0 fully saturated rings. The van der Waals surface area contributed by atoms with E-state index in [1.807, 2.05) is 12.1 Å². The average molecular weight is 445 g/mol. The van der Waals surface area contributed by atoms with Crippen molar-refractivity contribution >= 4 is 27.3 Å². The number of anilines is 2. The van der Waals surface area contributed by atoms with E-state index in [1.165, 1.54) is 12.1 Å². The third kappa shape index (κ3) is 5.46. The molecule has 162 valence electrons. The summed E-state index contributed by atoms with van der Waals surface area (Å²) in [4.78, 5) is 12.5. The molecule has 0 aliphatic carbocycles. The van der Waals surface area contributed by atoms with Crippen molar-refractivity contribution in [3.63, 3.8) is 0 Å². The zero-order valence-electron chi connectivity index (χ0n) is 17.0. The van der Waals surface area contributed by atoms with Crippen LogP contribution in [0.25, 0.3) is 0 Å².